The number of rotatable bonds is 5. The number of allylic oxidation sites excluding steroid dienone is 1. The van der Waals surface area contributed by atoms with E-state index in [0.717, 1.165) is 12.8 Å². The Morgan fingerprint density at radius 2 is 2.05 bits per heavy atom. The van der Waals surface area contributed by atoms with E-state index in [1.54, 1.807) is 36.4 Å². The lowest BCUT2D eigenvalue weighted by atomic mass is 9.79. The van der Waals surface area contributed by atoms with Gasteiger partial charge in [0.2, 0.25) is 10.0 Å². The summed E-state index contributed by atoms with van der Waals surface area (Å²) < 4.78 is 26.7. The van der Waals surface area contributed by atoms with Gasteiger partial charge >= 0.3 is 0 Å². The Bertz CT molecular complexity index is 556. The Morgan fingerprint density at radius 1 is 1.35 bits per heavy atom. The zero-order chi connectivity index (χ0) is 14.6. The summed E-state index contributed by atoms with van der Waals surface area (Å²) in [5.74, 6) is 0. The Morgan fingerprint density at radius 3 is 2.65 bits per heavy atom. The molecule has 0 spiro atoms. The molecule has 1 heterocycles. The predicted molar refractivity (Wildman–Crippen MR) is 78.8 cm³/mol. The largest absolute Gasteiger partial charge is 0.396 e. The first-order valence-corrected chi connectivity index (χ1v) is 8.25. The van der Waals surface area contributed by atoms with Gasteiger partial charge < -0.3 is 5.11 Å². The van der Waals surface area contributed by atoms with E-state index < -0.39 is 10.0 Å². The average Bonchev–Trinajstić information content (AvgIpc) is 2.49. The number of hydrogen-bond acceptors (Lipinski definition) is 3. The molecule has 110 valence electrons. The lowest BCUT2D eigenvalue weighted by Gasteiger charge is -2.40. The summed E-state index contributed by atoms with van der Waals surface area (Å²) in [6.07, 6.45) is 3.98. The highest BCUT2D eigenvalue weighted by Gasteiger charge is 2.38. The van der Waals surface area contributed by atoms with Crippen LogP contribution in [0.5, 0.6) is 0 Å². The van der Waals surface area contributed by atoms with E-state index in [4.69, 9.17) is 0 Å². The van der Waals surface area contributed by atoms with Crippen LogP contribution in [0.1, 0.15) is 19.3 Å². The number of hydrogen-bond donors (Lipinski definition) is 1. The molecule has 4 nitrogen and oxygen atoms in total. The van der Waals surface area contributed by atoms with Crippen LogP contribution >= 0.6 is 0 Å². The minimum atomic E-state index is -3.47. The third kappa shape index (κ3) is 2.95. The average molecular weight is 295 g/mol. The summed E-state index contributed by atoms with van der Waals surface area (Å²) in [5, 5.41) is 9.66. The van der Waals surface area contributed by atoms with Crippen molar-refractivity contribution in [3.8, 4) is 0 Å². The SMILES string of the molecule is C=CC[C@]1(CO)CCCN(S(=O)(=O)c2ccccc2)C1. The van der Waals surface area contributed by atoms with Gasteiger partial charge in [0.25, 0.3) is 0 Å². The van der Waals surface area contributed by atoms with Crippen LogP contribution in [0, 0.1) is 5.41 Å². The molecule has 0 bridgehead atoms. The standard InChI is InChI=1S/C15H21NO3S/c1-2-9-15(13-17)10-6-11-16(12-15)20(18,19)14-7-4-3-5-8-14/h2-5,7-8,17H,1,6,9-13H2/t15-/m0/s1. The molecule has 2 rings (SSSR count). The first-order valence-electron chi connectivity index (χ1n) is 6.81. The van der Waals surface area contributed by atoms with Gasteiger partial charge in [-0.15, -0.1) is 6.58 Å². The molecule has 1 N–H and O–H groups in total. The summed E-state index contributed by atoms with van der Waals surface area (Å²) in [4.78, 5) is 0.312. The van der Waals surface area contributed by atoms with E-state index >= 15 is 0 Å². The van der Waals surface area contributed by atoms with Crippen molar-refractivity contribution in [1.82, 2.24) is 4.31 Å². The highest BCUT2D eigenvalue weighted by atomic mass is 32.2. The smallest absolute Gasteiger partial charge is 0.243 e. The first-order chi connectivity index (χ1) is 9.54. The highest BCUT2D eigenvalue weighted by molar-refractivity contribution is 7.89. The first kappa shape index (κ1) is 15.2. The van der Waals surface area contributed by atoms with E-state index in [-0.39, 0.29) is 12.0 Å². The van der Waals surface area contributed by atoms with Gasteiger partial charge in [0.15, 0.2) is 0 Å². The summed E-state index contributed by atoms with van der Waals surface area (Å²) >= 11 is 0. The van der Waals surface area contributed by atoms with Gasteiger partial charge in [-0.25, -0.2) is 8.42 Å². The monoisotopic (exact) mass is 295 g/mol. The number of aliphatic hydroxyl groups is 1. The van der Waals surface area contributed by atoms with Crippen molar-refractivity contribution >= 4 is 10.0 Å². The van der Waals surface area contributed by atoms with Crippen molar-refractivity contribution in [2.45, 2.75) is 24.2 Å². The summed E-state index contributed by atoms with van der Waals surface area (Å²) in [6, 6.07) is 8.46. The maximum absolute atomic E-state index is 12.6. The molecule has 1 aromatic rings. The Labute approximate surface area is 120 Å². The second kappa shape index (κ2) is 6.08. The fraction of sp³-hybridized carbons (Fsp3) is 0.467. The van der Waals surface area contributed by atoms with Crippen LogP contribution in [0.4, 0.5) is 0 Å². The van der Waals surface area contributed by atoms with Crippen molar-refractivity contribution in [2.24, 2.45) is 5.41 Å². The number of nitrogens with zero attached hydrogens (tertiary/aromatic N) is 1. The molecule has 1 fully saturated rings. The van der Waals surface area contributed by atoms with Gasteiger partial charge in [-0.3, -0.25) is 0 Å². The highest BCUT2D eigenvalue weighted by Crippen LogP contribution is 2.35. The number of benzene rings is 1. The molecule has 1 aliphatic heterocycles. The molecule has 0 unspecified atom stereocenters. The Hall–Kier alpha value is -1.17. The third-order valence-corrected chi connectivity index (χ3v) is 5.78. The lowest BCUT2D eigenvalue weighted by Crippen LogP contribution is -2.47. The predicted octanol–water partition coefficient (Wildman–Crippen LogP) is 2.03. The molecule has 0 saturated carbocycles. The molecular formula is C15H21NO3S. The van der Waals surface area contributed by atoms with E-state index in [1.807, 2.05) is 0 Å². The molecule has 1 saturated heterocycles. The third-order valence-electron chi connectivity index (χ3n) is 3.92. The molecule has 0 radical (unpaired) electrons. The van der Waals surface area contributed by atoms with Gasteiger partial charge in [-0.1, -0.05) is 24.3 Å². The maximum Gasteiger partial charge on any atom is 0.243 e. The summed E-state index contributed by atoms with van der Waals surface area (Å²) in [7, 11) is -3.47. The Balaban J connectivity index is 2.27. The van der Waals surface area contributed by atoms with Gasteiger partial charge in [-0.05, 0) is 31.4 Å². The van der Waals surface area contributed by atoms with Crippen LogP contribution in [0.15, 0.2) is 47.9 Å². The molecule has 0 aliphatic carbocycles. The lowest BCUT2D eigenvalue weighted by molar-refractivity contribution is 0.0669. The van der Waals surface area contributed by atoms with Crippen LogP contribution in [0.3, 0.4) is 0 Å². The molecular weight excluding hydrogens is 274 g/mol. The fourth-order valence-electron chi connectivity index (χ4n) is 2.78. The van der Waals surface area contributed by atoms with Crippen LogP contribution in [-0.2, 0) is 10.0 Å². The van der Waals surface area contributed by atoms with Crippen molar-refractivity contribution in [3.05, 3.63) is 43.0 Å². The van der Waals surface area contributed by atoms with Crippen molar-refractivity contribution in [2.75, 3.05) is 19.7 Å². The fourth-order valence-corrected chi connectivity index (χ4v) is 4.39. The Kier molecular flexibility index (Phi) is 4.62. The minimum absolute atomic E-state index is 0.0141. The van der Waals surface area contributed by atoms with Crippen molar-refractivity contribution in [3.63, 3.8) is 0 Å². The molecule has 1 aliphatic rings. The van der Waals surface area contributed by atoms with Crippen molar-refractivity contribution < 1.29 is 13.5 Å². The molecule has 0 aromatic heterocycles. The number of aliphatic hydroxyl groups excluding tert-OH is 1. The van der Waals surface area contributed by atoms with Gasteiger partial charge in [-0.2, -0.15) is 4.31 Å². The summed E-state index contributed by atoms with van der Waals surface area (Å²) in [5.41, 5.74) is -0.387. The zero-order valence-corrected chi connectivity index (χ0v) is 12.3. The molecule has 1 atom stereocenters. The van der Waals surface area contributed by atoms with Gasteiger partial charge in [0.05, 0.1) is 11.5 Å². The normalized spacial score (nSPS) is 24.4. The van der Waals surface area contributed by atoms with Crippen LogP contribution in [0.2, 0.25) is 0 Å². The van der Waals surface area contributed by atoms with E-state index in [9.17, 15) is 13.5 Å². The van der Waals surface area contributed by atoms with E-state index in [2.05, 4.69) is 6.58 Å². The topological polar surface area (TPSA) is 57.6 Å². The second-order valence-electron chi connectivity index (χ2n) is 5.41. The van der Waals surface area contributed by atoms with E-state index in [0.29, 0.717) is 24.4 Å². The van der Waals surface area contributed by atoms with Crippen LogP contribution < -0.4 is 0 Å². The number of piperidine rings is 1. The summed E-state index contributed by atoms with van der Waals surface area (Å²) in [6.45, 7) is 4.56. The molecule has 20 heavy (non-hydrogen) atoms. The molecule has 0 amide bonds. The van der Waals surface area contributed by atoms with Crippen molar-refractivity contribution in [1.29, 1.82) is 0 Å². The molecule has 1 aromatic carbocycles. The van der Waals surface area contributed by atoms with Crippen LogP contribution in [-0.4, -0.2) is 37.5 Å². The minimum Gasteiger partial charge on any atom is -0.396 e. The number of sulfonamides is 1. The molecule has 5 heteroatoms. The van der Waals surface area contributed by atoms with E-state index in [1.165, 1.54) is 4.31 Å². The zero-order valence-electron chi connectivity index (χ0n) is 11.5. The van der Waals surface area contributed by atoms with Crippen LogP contribution in [0.25, 0.3) is 0 Å². The van der Waals surface area contributed by atoms with Gasteiger partial charge in [0, 0.05) is 18.5 Å². The second-order valence-corrected chi connectivity index (χ2v) is 7.34. The quantitative estimate of drug-likeness (QED) is 0.846. The van der Waals surface area contributed by atoms with Gasteiger partial charge in [0.1, 0.15) is 0 Å². The maximum atomic E-state index is 12.6.